The first-order valence-electron chi connectivity index (χ1n) is 6.18. The average molecular weight is 302 g/mol. The fraction of sp³-hybridized carbons (Fsp3) is 0.0769. The van der Waals surface area contributed by atoms with Crippen molar-refractivity contribution in [3.05, 3.63) is 48.1 Å². The zero-order valence-corrected chi connectivity index (χ0v) is 11.9. The molecule has 3 heterocycles. The highest BCUT2D eigenvalue weighted by atomic mass is 35.5. The summed E-state index contributed by atoms with van der Waals surface area (Å²) < 4.78 is 1.74. The third-order valence-corrected chi connectivity index (χ3v) is 3.02. The van der Waals surface area contributed by atoms with Crippen molar-refractivity contribution in [3.8, 4) is 5.69 Å². The molecule has 0 aliphatic rings. The topological polar surface area (TPSA) is 80.5 Å². The lowest BCUT2D eigenvalue weighted by Gasteiger charge is -2.05. The highest BCUT2D eigenvalue weighted by molar-refractivity contribution is 6.32. The number of anilines is 3. The largest absolute Gasteiger partial charge is 0.372 e. The summed E-state index contributed by atoms with van der Waals surface area (Å²) in [6.45, 7) is 0. The van der Waals surface area contributed by atoms with Crippen molar-refractivity contribution in [2.75, 3.05) is 17.7 Å². The third-order valence-electron chi connectivity index (χ3n) is 2.75. The second-order valence-electron chi connectivity index (χ2n) is 4.14. The molecule has 0 aliphatic heterocycles. The molecule has 21 heavy (non-hydrogen) atoms. The summed E-state index contributed by atoms with van der Waals surface area (Å²) in [4.78, 5) is 12.4. The molecule has 0 saturated carbocycles. The standard InChI is InChI=1S/C13H12ClN7/c1-15-12-11(14)7-17-13(20-12)19-9-6-18-21(8-9)10-2-4-16-5-3-10/h2-8H,1H3,(H2,15,17,19,20). The van der Waals surface area contributed by atoms with Crippen molar-refractivity contribution in [1.29, 1.82) is 0 Å². The van der Waals surface area contributed by atoms with Crippen LogP contribution in [0.15, 0.2) is 43.1 Å². The van der Waals surface area contributed by atoms with Crippen LogP contribution in [0.1, 0.15) is 0 Å². The van der Waals surface area contributed by atoms with Crippen LogP contribution in [0, 0.1) is 0 Å². The maximum atomic E-state index is 5.95. The average Bonchev–Trinajstić information content (AvgIpc) is 2.98. The van der Waals surface area contributed by atoms with E-state index in [4.69, 9.17) is 11.6 Å². The Bertz CT molecular complexity index is 741. The number of nitrogens with zero attached hydrogens (tertiary/aromatic N) is 5. The van der Waals surface area contributed by atoms with Gasteiger partial charge in [0.2, 0.25) is 5.95 Å². The lowest BCUT2D eigenvalue weighted by Crippen LogP contribution is -2.00. The van der Waals surface area contributed by atoms with Crippen molar-refractivity contribution in [1.82, 2.24) is 24.7 Å². The minimum absolute atomic E-state index is 0.443. The molecule has 106 valence electrons. The molecule has 0 aromatic carbocycles. The number of hydrogen-bond acceptors (Lipinski definition) is 6. The second kappa shape index (κ2) is 5.76. The molecule has 3 aromatic heterocycles. The number of halogens is 1. The molecule has 7 nitrogen and oxygen atoms in total. The highest BCUT2D eigenvalue weighted by Crippen LogP contribution is 2.21. The van der Waals surface area contributed by atoms with Gasteiger partial charge < -0.3 is 10.6 Å². The number of hydrogen-bond donors (Lipinski definition) is 2. The van der Waals surface area contributed by atoms with Crippen molar-refractivity contribution < 1.29 is 0 Å². The van der Waals surface area contributed by atoms with Crippen LogP contribution in [0.3, 0.4) is 0 Å². The van der Waals surface area contributed by atoms with Crippen LogP contribution in [0.5, 0.6) is 0 Å². The maximum absolute atomic E-state index is 5.95. The molecule has 0 fully saturated rings. The Morgan fingerprint density at radius 1 is 1.19 bits per heavy atom. The van der Waals surface area contributed by atoms with Gasteiger partial charge in [-0.2, -0.15) is 10.1 Å². The molecule has 3 aromatic rings. The van der Waals surface area contributed by atoms with Gasteiger partial charge in [-0.05, 0) is 12.1 Å². The number of aromatic nitrogens is 5. The molecule has 0 spiro atoms. The van der Waals surface area contributed by atoms with Gasteiger partial charge in [0, 0.05) is 19.4 Å². The van der Waals surface area contributed by atoms with Crippen LogP contribution in [0.25, 0.3) is 5.69 Å². The van der Waals surface area contributed by atoms with Crippen molar-refractivity contribution in [2.24, 2.45) is 0 Å². The van der Waals surface area contributed by atoms with E-state index in [9.17, 15) is 0 Å². The van der Waals surface area contributed by atoms with Crippen molar-refractivity contribution in [2.45, 2.75) is 0 Å². The molecular formula is C13H12ClN7. The molecule has 0 aliphatic carbocycles. The van der Waals surface area contributed by atoms with Crippen LogP contribution >= 0.6 is 11.6 Å². The summed E-state index contributed by atoms with van der Waals surface area (Å²) in [6, 6.07) is 3.74. The summed E-state index contributed by atoms with van der Waals surface area (Å²) in [7, 11) is 1.75. The van der Waals surface area contributed by atoms with Gasteiger partial charge in [0.15, 0.2) is 0 Å². The van der Waals surface area contributed by atoms with E-state index < -0.39 is 0 Å². The zero-order valence-electron chi connectivity index (χ0n) is 11.2. The van der Waals surface area contributed by atoms with Crippen LogP contribution in [-0.2, 0) is 0 Å². The van der Waals surface area contributed by atoms with Crippen LogP contribution < -0.4 is 10.6 Å². The van der Waals surface area contributed by atoms with Gasteiger partial charge in [0.1, 0.15) is 10.8 Å². The predicted molar refractivity (Wildman–Crippen MR) is 81.2 cm³/mol. The molecule has 3 rings (SSSR count). The molecule has 0 unspecified atom stereocenters. The summed E-state index contributed by atoms with van der Waals surface area (Å²) in [6.07, 6.45) is 8.50. The summed E-state index contributed by atoms with van der Waals surface area (Å²) in [5.74, 6) is 1.01. The minimum atomic E-state index is 0.443. The number of pyridine rings is 1. The van der Waals surface area contributed by atoms with Gasteiger partial charge in [-0.3, -0.25) is 4.98 Å². The van der Waals surface area contributed by atoms with E-state index in [1.165, 1.54) is 6.20 Å². The van der Waals surface area contributed by atoms with Gasteiger partial charge in [0.25, 0.3) is 0 Å². The van der Waals surface area contributed by atoms with E-state index in [0.717, 1.165) is 11.4 Å². The molecule has 8 heteroatoms. The Morgan fingerprint density at radius 2 is 2.00 bits per heavy atom. The van der Waals surface area contributed by atoms with Crippen molar-refractivity contribution >= 4 is 29.1 Å². The Morgan fingerprint density at radius 3 is 2.76 bits per heavy atom. The van der Waals surface area contributed by atoms with Crippen molar-refractivity contribution in [3.63, 3.8) is 0 Å². The fourth-order valence-electron chi connectivity index (χ4n) is 1.76. The van der Waals surface area contributed by atoms with Crippen LogP contribution in [-0.4, -0.2) is 31.8 Å². The monoisotopic (exact) mass is 301 g/mol. The van der Waals surface area contributed by atoms with Crippen LogP contribution in [0.2, 0.25) is 5.02 Å². The number of nitrogens with one attached hydrogen (secondary N) is 2. The van der Waals surface area contributed by atoms with Gasteiger partial charge in [0.05, 0.1) is 30.0 Å². The summed E-state index contributed by atoms with van der Waals surface area (Å²) >= 11 is 5.95. The Kier molecular flexibility index (Phi) is 3.65. The molecule has 0 radical (unpaired) electrons. The quantitative estimate of drug-likeness (QED) is 0.770. The van der Waals surface area contributed by atoms with Gasteiger partial charge in [-0.25, -0.2) is 9.67 Å². The van der Waals surface area contributed by atoms with Gasteiger partial charge in [-0.15, -0.1) is 0 Å². The predicted octanol–water partition coefficient (Wildman–Crippen LogP) is 2.50. The second-order valence-corrected chi connectivity index (χ2v) is 4.55. The summed E-state index contributed by atoms with van der Waals surface area (Å²) in [5, 5.41) is 10.7. The first-order chi connectivity index (χ1) is 10.3. The lowest BCUT2D eigenvalue weighted by atomic mass is 10.4. The zero-order chi connectivity index (χ0) is 14.7. The van der Waals surface area contributed by atoms with E-state index in [0.29, 0.717) is 16.8 Å². The number of rotatable bonds is 4. The smallest absolute Gasteiger partial charge is 0.229 e. The van der Waals surface area contributed by atoms with Crippen LogP contribution in [0.4, 0.5) is 17.5 Å². The maximum Gasteiger partial charge on any atom is 0.229 e. The van der Waals surface area contributed by atoms with E-state index in [-0.39, 0.29) is 0 Å². The van der Waals surface area contributed by atoms with Gasteiger partial charge >= 0.3 is 0 Å². The SMILES string of the molecule is CNc1nc(Nc2cnn(-c3ccncc3)c2)ncc1Cl. The third kappa shape index (κ3) is 2.92. The lowest BCUT2D eigenvalue weighted by molar-refractivity contribution is 0.878. The molecule has 0 saturated heterocycles. The Hall–Kier alpha value is -2.67. The molecule has 0 atom stereocenters. The van der Waals surface area contributed by atoms with E-state index in [2.05, 4.69) is 30.7 Å². The normalized spacial score (nSPS) is 10.4. The molecular weight excluding hydrogens is 290 g/mol. The minimum Gasteiger partial charge on any atom is -0.372 e. The van der Waals surface area contributed by atoms with Gasteiger partial charge in [-0.1, -0.05) is 11.6 Å². The van der Waals surface area contributed by atoms with E-state index in [1.54, 1.807) is 30.3 Å². The Labute approximate surface area is 126 Å². The summed E-state index contributed by atoms with van der Waals surface area (Å²) in [5.41, 5.74) is 1.70. The molecule has 2 N–H and O–H groups in total. The first kappa shape index (κ1) is 13.3. The molecule has 0 bridgehead atoms. The van der Waals surface area contributed by atoms with E-state index in [1.807, 2.05) is 18.3 Å². The highest BCUT2D eigenvalue weighted by Gasteiger charge is 2.06. The van der Waals surface area contributed by atoms with E-state index >= 15 is 0 Å². The Balaban J connectivity index is 1.82. The fourth-order valence-corrected chi connectivity index (χ4v) is 1.94. The first-order valence-corrected chi connectivity index (χ1v) is 6.56. The molecule has 0 amide bonds.